The number of rotatable bonds is 24. The minimum absolute atomic E-state index is 0.0195. The summed E-state index contributed by atoms with van der Waals surface area (Å²) in [6, 6.07) is 16.1. The summed E-state index contributed by atoms with van der Waals surface area (Å²) in [5.74, 6) is -0.832. The number of fused-ring (bicyclic) bond motifs is 3. The van der Waals surface area contributed by atoms with E-state index in [0.29, 0.717) is 37.4 Å². The Morgan fingerprint density at radius 2 is 1.29 bits per heavy atom. The number of alkyl carbamates (subject to hydrolysis) is 1. The van der Waals surface area contributed by atoms with Crippen molar-refractivity contribution in [2.24, 2.45) is 0 Å². The number of carbonyl (C=O) groups excluding carboxylic acids is 2. The molecule has 16 heteroatoms. The Labute approximate surface area is 290 Å². The van der Waals surface area contributed by atoms with Gasteiger partial charge in [0.25, 0.3) is 0 Å². The number of amides is 1. The van der Waals surface area contributed by atoms with Crippen molar-refractivity contribution >= 4 is 32.1 Å². The molecule has 0 unspecified atom stereocenters. The van der Waals surface area contributed by atoms with Crippen molar-refractivity contribution in [1.82, 2.24) is 14.8 Å². The molecule has 1 aliphatic rings. The zero-order valence-corrected chi connectivity index (χ0v) is 30.3. The van der Waals surface area contributed by atoms with Crippen LogP contribution in [0.15, 0.2) is 48.5 Å². The highest BCUT2D eigenvalue weighted by molar-refractivity contribution is 7.89. The first-order chi connectivity index (χ1) is 23.3. The maximum atomic E-state index is 12.4. The Bertz CT molecular complexity index is 1520. The number of benzene rings is 2. The van der Waals surface area contributed by atoms with Crippen molar-refractivity contribution in [3.8, 4) is 11.1 Å². The van der Waals surface area contributed by atoms with Crippen LogP contribution in [0.4, 0.5) is 4.79 Å². The number of nitrogens with one attached hydrogen (secondary N) is 3. The van der Waals surface area contributed by atoms with Gasteiger partial charge in [0.2, 0.25) is 20.0 Å². The van der Waals surface area contributed by atoms with Gasteiger partial charge in [0.1, 0.15) is 13.2 Å². The number of ether oxygens (including phenoxy) is 4. The topological polar surface area (TPSA) is 175 Å². The van der Waals surface area contributed by atoms with Gasteiger partial charge in [-0.25, -0.2) is 31.1 Å². The molecule has 0 radical (unpaired) electrons. The third kappa shape index (κ3) is 14.7. The summed E-state index contributed by atoms with van der Waals surface area (Å²) in [5.41, 5.74) is 4.47. The zero-order chi connectivity index (χ0) is 35.8. The van der Waals surface area contributed by atoms with Crippen LogP contribution in [0.1, 0.15) is 36.3 Å². The Balaban J connectivity index is 1.22. The lowest BCUT2D eigenvalue weighted by atomic mass is 9.98. The number of sulfonamides is 2. The van der Waals surface area contributed by atoms with E-state index in [-0.39, 0.29) is 75.5 Å². The van der Waals surface area contributed by atoms with E-state index in [0.717, 1.165) is 22.3 Å². The molecular formula is C33H51N4O10S2+. The number of quaternary nitrogens is 1. The number of likely N-dealkylation sites (N-methyl/N-ethyl adjacent to an activating group) is 1. The molecule has 0 aromatic heterocycles. The summed E-state index contributed by atoms with van der Waals surface area (Å²) in [6.45, 7) is 3.17. The fourth-order valence-electron chi connectivity index (χ4n) is 5.24. The summed E-state index contributed by atoms with van der Waals surface area (Å²) >= 11 is 0. The molecule has 274 valence electrons. The van der Waals surface area contributed by atoms with Gasteiger partial charge in [-0.3, -0.25) is 4.79 Å². The molecule has 1 aliphatic carbocycles. The second-order valence-corrected chi connectivity index (χ2v) is 16.2. The van der Waals surface area contributed by atoms with Crippen molar-refractivity contribution in [3.63, 3.8) is 0 Å². The van der Waals surface area contributed by atoms with E-state index in [4.69, 9.17) is 14.2 Å². The summed E-state index contributed by atoms with van der Waals surface area (Å²) in [6.07, 6.45) is -0.140. The van der Waals surface area contributed by atoms with Gasteiger partial charge in [-0.2, -0.15) is 0 Å². The van der Waals surface area contributed by atoms with Gasteiger partial charge in [0.15, 0.2) is 0 Å². The monoisotopic (exact) mass is 727 g/mol. The minimum Gasteiger partial charge on any atom is -0.469 e. The summed E-state index contributed by atoms with van der Waals surface area (Å²) < 4.78 is 75.9. The molecule has 3 N–H and O–H groups in total. The molecule has 0 spiro atoms. The second kappa shape index (κ2) is 19.9. The van der Waals surface area contributed by atoms with Crippen LogP contribution in [-0.4, -0.2) is 132 Å². The maximum Gasteiger partial charge on any atom is 0.407 e. The van der Waals surface area contributed by atoms with Crippen LogP contribution in [-0.2, 0) is 43.8 Å². The first kappa shape index (κ1) is 40.3. The highest BCUT2D eigenvalue weighted by Gasteiger charge is 2.29. The standard InChI is InChI=1S/C33H50N4O10S2/c1-37(2,19-21-46-23-22-45-20-14-32(38)44-3)18-17-36-49(42,43)25-9-16-35-48(40,41)24-8-15-34-33(39)47-26-31-29-12-6-4-10-27(29)28-11-5-7-13-30(28)31/h4-7,10-13,31,35-36H,8-9,14-26H2,1-3H3/p+1. The molecule has 0 fully saturated rings. The fourth-order valence-corrected chi connectivity index (χ4v) is 7.44. The molecule has 0 saturated carbocycles. The normalized spacial score (nSPS) is 13.1. The van der Waals surface area contributed by atoms with Gasteiger partial charge >= 0.3 is 12.1 Å². The molecule has 2 aromatic carbocycles. The van der Waals surface area contributed by atoms with Crippen molar-refractivity contribution in [2.45, 2.75) is 25.2 Å². The molecular weight excluding hydrogens is 677 g/mol. The molecule has 2 aromatic rings. The molecule has 0 aliphatic heterocycles. The molecule has 0 saturated heterocycles. The number of esters is 1. The van der Waals surface area contributed by atoms with E-state index in [1.165, 1.54) is 7.11 Å². The smallest absolute Gasteiger partial charge is 0.407 e. The zero-order valence-electron chi connectivity index (χ0n) is 28.6. The largest absolute Gasteiger partial charge is 0.469 e. The highest BCUT2D eigenvalue weighted by atomic mass is 32.2. The average molecular weight is 728 g/mol. The Hall–Kier alpha value is -3.12. The van der Waals surface area contributed by atoms with Gasteiger partial charge in [-0.1, -0.05) is 48.5 Å². The minimum atomic E-state index is -3.65. The highest BCUT2D eigenvalue weighted by Crippen LogP contribution is 2.44. The van der Waals surface area contributed by atoms with Gasteiger partial charge in [-0.15, -0.1) is 0 Å². The number of hydrogen-bond acceptors (Lipinski definition) is 10. The van der Waals surface area contributed by atoms with Crippen LogP contribution in [0, 0.1) is 0 Å². The second-order valence-electron chi connectivity index (χ2n) is 12.3. The third-order valence-electron chi connectivity index (χ3n) is 8.04. The molecule has 3 rings (SSSR count). The van der Waals surface area contributed by atoms with Crippen molar-refractivity contribution in [1.29, 1.82) is 0 Å². The van der Waals surface area contributed by atoms with E-state index >= 15 is 0 Å². The van der Waals surface area contributed by atoms with E-state index < -0.39 is 26.1 Å². The average Bonchev–Trinajstić information content (AvgIpc) is 3.38. The number of carbonyl (C=O) groups is 2. The predicted molar refractivity (Wildman–Crippen MR) is 186 cm³/mol. The molecule has 0 heterocycles. The number of hydrogen-bond donors (Lipinski definition) is 3. The van der Waals surface area contributed by atoms with Crippen LogP contribution in [0.5, 0.6) is 0 Å². The Morgan fingerprint density at radius 1 is 0.735 bits per heavy atom. The lowest BCUT2D eigenvalue weighted by Gasteiger charge is -2.29. The summed E-state index contributed by atoms with van der Waals surface area (Å²) in [7, 11) is -1.97. The van der Waals surface area contributed by atoms with Gasteiger partial charge in [-0.05, 0) is 35.1 Å². The Kier molecular flexibility index (Phi) is 16.4. The molecule has 0 atom stereocenters. The lowest BCUT2D eigenvalue weighted by Crippen LogP contribution is -2.47. The van der Waals surface area contributed by atoms with Crippen LogP contribution in [0.25, 0.3) is 11.1 Å². The van der Waals surface area contributed by atoms with E-state index in [9.17, 15) is 26.4 Å². The predicted octanol–water partition coefficient (Wildman–Crippen LogP) is 1.82. The SMILES string of the molecule is COC(=O)CCOCCOCC[N+](C)(C)CCNS(=O)(=O)CCCNS(=O)(=O)CCCNC(=O)OCC1c2ccccc2-c2ccccc21. The van der Waals surface area contributed by atoms with E-state index in [1.807, 2.05) is 50.5 Å². The van der Waals surface area contributed by atoms with E-state index in [2.05, 4.69) is 31.6 Å². The van der Waals surface area contributed by atoms with Gasteiger partial charge < -0.3 is 28.7 Å². The molecule has 49 heavy (non-hydrogen) atoms. The fraction of sp³-hybridized carbons (Fsp3) is 0.576. The van der Waals surface area contributed by atoms with Crippen molar-refractivity contribution in [3.05, 3.63) is 59.7 Å². The third-order valence-corrected chi connectivity index (χ3v) is 11.0. The van der Waals surface area contributed by atoms with E-state index in [1.54, 1.807) is 0 Å². The van der Waals surface area contributed by atoms with Crippen LogP contribution >= 0.6 is 0 Å². The van der Waals surface area contributed by atoms with Crippen molar-refractivity contribution in [2.75, 3.05) is 98.5 Å². The van der Waals surface area contributed by atoms with Crippen LogP contribution < -0.4 is 14.8 Å². The number of methoxy groups -OCH3 is 1. The van der Waals surface area contributed by atoms with Gasteiger partial charge in [0.05, 0.1) is 78.6 Å². The number of nitrogens with zero attached hydrogens (tertiary/aromatic N) is 1. The summed E-state index contributed by atoms with van der Waals surface area (Å²) in [5, 5.41) is 2.61. The summed E-state index contributed by atoms with van der Waals surface area (Å²) in [4.78, 5) is 23.4. The first-order valence-electron chi connectivity index (χ1n) is 16.4. The molecule has 1 amide bonds. The Morgan fingerprint density at radius 3 is 1.90 bits per heavy atom. The quantitative estimate of drug-likeness (QED) is 0.0822. The van der Waals surface area contributed by atoms with Crippen LogP contribution in [0.2, 0.25) is 0 Å². The molecule has 14 nitrogen and oxygen atoms in total. The first-order valence-corrected chi connectivity index (χ1v) is 19.7. The maximum absolute atomic E-state index is 12.4. The molecule has 0 bridgehead atoms. The van der Waals surface area contributed by atoms with Crippen molar-refractivity contribution < 1.29 is 49.9 Å². The van der Waals surface area contributed by atoms with Crippen LogP contribution in [0.3, 0.4) is 0 Å². The van der Waals surface area contributed by atoms with Gasteiger partial charge in [0, 0.05) is 19.0 Å². The lowest BCUT2D eigenvalue weighted by molar-refractivity contribution is -0.889.